The Balaban J connectivity index is 3.02. The van der Waals surface area contributed by atoms with Gasteiger partial charge in [0.1, 0.15) is 5.82 Å². The van der Waals surface area contributed by atoms with Gasteiger partial charge in [0, 0.05) is 18.0 Å². The van der Waals surface area contributed by atoms with Gasteiger partial charge >= 0.3 is 5.97 Å². The molecule has 0 spiro atoms. The average molecular weight is 318 g/mol. The highest BCUT2D eigenvalue weighted by molar-refractivity contribution is 9.10. The third-order valence-electron chi connectivity index (χ3n) is 2.81. The van der Waals surface area contributed by atoms with Crippen LogP contribution in [0.3, 0.4) is 0 Å². The van der Waals surface area contributed by atoms with E-state index in [1.165, 1.54) is 0 Å². The second-order valence-electron chi connectivity index (χ2n) is 4.60. The summed E-state index contributed by atoms with van der Waals surface area (Å²) >= 11 is 3.17. The Bertz CT molecular complexity index is 449. The van der Waals surface area contributed by atoms with Gasteiger partial charge in [0.05, 0.1) is 4.47 Å². The number of nitrogens with two attached hydrogens (primary N) is 1. The molecule has 3 nitrogen and oxygen atoms in total. The van der Waals surface area contributed by atoms with E-state index in [2.05, 4.69) is 15.9 Å². The summed E-state index contributed by atoms with van der Waals surface area (Å²) in [6, 6.07) is 2.85. The molecule has 0 aliphatic heterocycles. The van der Waals surface area contributed by atoms with Gasteiger partial charge in [-0.1, -0.05) is 19.9 Å². The predicted molar refractivity (Wildman–Crippen MR) is 72.0 cm³/mol. The second kappa shape index (κ2) is 6.29. The van der Waals surface area contributed by atoms with E-state index in [9.17, 15) is 9.18 Å². The number of benzene rings is 1. The maximum Gasteiger partial charge on any atom is 0.303 e. The van der Waals surface area contributed by atoms with Gasteiger partial charge in [-0.25, -0.2) is 4.39 Å². The molecule has 0 aliphatic carbocycles. The highest BCUT2D eigenvalue weighted by atomic mass is 79.9. The third kappa shape index (κ3) is 3.78. The molecule has 0 bridgehead atoms. The third-order valence-corrected chi connectivity index (χ3v) is 3.39. The van der Waals surface area contributed by atoms with Gasteiger partial charge in [-0.3, -0.25) is 4.79 Å². The van der Waals surface area contributed by atoms with Crippen LogP contribution >= 0.6 is 15.9 Å². The van der Waals surface area contributed by atoms with E-state index in [1.54, 1.807) is 12.1 Å². The molecular formula is C13H17BrFNO2. The Morgan fingerprint density at radius 3 is 2.61 bits per heavy atom. The molecular weight excluding hydrogens is 301 g/mol. The highest BCUT2D eigenvalue weighted by Gasteiger charge is 2.17. The molecule has 0 aromatic heterocycles. The minimum absolute atomic E-state index is 0.0653. The van der Waals surface area contributed by atoms with Crippen molar-refractivity contribution in [1.82, 2.24) is 0 Å². The van der Waals surface area contributed by atoms with E-state index in [1.807, 2.05) is 13.8 Å². The monoisotopic (exact) mass is 317 g/mol. The van der Waals surface area contributed by atoms with Crippen LogP contribution in [0.25, 0.3) is 0 Å². The fraction of sp³-hybridized carbons (Fsp3) is 0.462. The van der Waals surface area contributed by atoms with Gasteiger partial charge in [-0.05, 0) is 39.9 Å². The molecule has 5 heteroatoms. The summed E-state index contributed by atoms with van der Waals surface area (Å²) in [4.78, 5) is 10.5. The van der Waals surface area contributed by atoms with Crippen molar-refractivity contribution in [3.8, 4) is 0 Å². The van der Waals surface area contributed by atoms with Crippen LogP contribution in [0.2, 0.25) is 0 Å². The molecule has 1 aromatic carbocycles. The lowest BCUT2D eigenvalue weighted by molar-refractivity contribution is -0.137. The zero-order chi connectivity index (χ0) is 13.9. The van der Waals surface area contributed by atoms with E-state index < -0.39 is 17.8 Å². The summed E-state index contributed by atoms with van der Waals surface area (Å²) < 4.78 is 14.3. The number of aliphatic carboxylic acids is 1. The van der Waals surface area contributed by atoms with Gasteiger partial charge < -0.3 is 10.8 Å². The van der Waals surface area contributed by atoms with Crippen molar-refractivity contribution < 1.29 is 14.3 Å². The zero-order valence-electron chi connectivity index (χ0n) is 10.4. The van der Waals surface area contributed by atoms with E-state index in [0.717, 1.165) is 5.56 Å². The minimum Gasteiger partial charge on any atom is -0.481 e. The Labute approximate surface area is 114 Å². The van der Waals surface area contributed by atoms with Crippen molar-refractivity contribution in [2.75, 3.05) is 0 Å². The Morgan fingerprint density at radius 1 is 1.50 bits per heavy atom. The summed E-state index contributed by atoms with van der Waals surface area (Å²) in [5.41, 5.74) is 7.20. The van der Waals surface area contributed by atoms with Crippen molar-refractivity contribution in [1.29, 1.82) is 0 Å². The Morgan fingerprint density at radius 2 is 2.11 bits per heavy atom. The standard InChI is InChI=1S/C13H17BrFNO2/c1-7(2)8-5-9(13(15)10(14)6-8)11(16)3-4-12(17)18/h5-7,11H,3-4,16H2,1-2H3,(H,17,18). The van der Waals surface area contributed by atoms with Crippen molar-refractivity contribution in [2.45, 2.75) is 38.6 Å². The maximum absolute atomic E-state index is 13.9. The maximum atomic E-state index is 13.9. The first-order chi connectivity index (χ1) is 8.32. The fourth-order valence-electron chi connectivity index (χ4n) is 1.67. The molecule has 1 rings (SSSR count). The molecule has 18 heavy (non-hydrogen) atoms. The largest absolute Gasteiger partial charge is 0.481 e. The average Bonchev–Trinajstić information content (AvgIpc) is 2.29. The van der Waals surface area contributed by atoms with Crippen LogP contribution < -0.4 is 5.73 Å². The van der Waals surface area contributed by atoms with Crippen molar-refractivity contribution in [3.05, 3.63) is 33.5 Å². The van der Waals surface area contributed by atoms with Crippen LogP contribution in [0.5, 0.6) is 0 Å². The number of hydrogen-bond acceptors (Lipinski definition) is 2. The molecule has 1 unspecified atom stereocenters. The first-order valence-corrected chi connectivity index (χ1v) is 6.58. The molecule has 0 heterocycles. The molecule has 100 valence electrons. The van der Waals surface area contributed by atoms with Crippen LogP contribution in [0.4, 0.5) is 4.39 Å². The number of carboxylic acid groups (broad SMARTS) is 1. The molecule has 0 saturated heterocycles. The Hall–Kier alpha value is -0.940. The molecule has 1 aromatic rings. The van der Waals surface area contributed by atoms with E-state index in [-0.39, 0.29) is 18.8 Å². The van der Waals surface area contributed by atoms with Gasteiger partial charge in [0.15, 0.2) is 0 Å². The second-order valence-corrected chi connectivity index (χ2v) is 5.45. The van der Waals surface area contributed by atoms with Crippen LogP contribution in [-0.2, 0) is 4.79 Å². The molecule has 0 saturated carbocycles. The summed E-state index contributed by atoms with van der Waals surface area (Å²) in [5, 5.41) is 8.62. The molecule has 3 N–H and O–H groups in total. The summed E-state index contributed by atoms with van der Waals surface area (Å²) in [6.07, 6.45) is 0.157. The first-order valence-electron chi connectivity index (χ1n) is 5.79. The summed E-state index contributed by atoms with van der Waals surface area (Å²) in [6.45, 7) is 4.01. The van der Waals surface area contributed by atoms with Crippen molar-refractivity contribution >= 4 is 21.9 Å². The highest BCUT2D eigenvalue weighted by Crippen LogP contribution is 2.29. The summed E-state index contributed by atoms with van der Waals surface area (Å²) in [7, 11) is 0. The fourth-order valence-corrected chi connectivity index (χ4v) is 2.16. The lowest BCUT2D eigenvalue weighted by Crippen LogP contribution is -2.15. The van der Waals surface area contributed by atoms with Gasteiger partial charge in [-0.15, -0.1) is 0 Å². The van der Waals surface area contributed by atoms with E-state index in [4.69, 9.17) is 10.8 Å². The quantitative estimate of drug-likeness (QED) is 0.872. The number of halogens is 2. The molecule has 0 amide bonds. The first kappa shape index (κ1) is 15.1. The summed E-state index contributed by atoms with van der Waals surface area (Å²) in [5.74, 6) is -1.07. The minimum atomic E-state index is -0.926. The topological polar surface area (TPSA) is 63.3 Å². The van der Waals surface area contributed by atoms with Crippen molar-refractivity contribution in [2.24, 2.45) is 5.73 Å². The van der Waals surface area contributed by atoms with Crippen LogP contribution in [-0.4, -0.2) is 11.1 Å². The number of carboxylic acids is 1. The smallest absolute Gasteiger partial charge is 0.303 e. The zero-order valence-corrected chi connectivity index (χ0v) is 12.0. The Kier molecular flexibility index (Phi) is 5.28. The van der Waals surface area contributed by atoms with Crippen LogP contribution in [0.1, 0.15) is 49.8 Å². The predicted octanol–water partition coefficient (Wildman–Crippen LogP) is 3.58. The van der Waals surface area contributed by atoms with E-state index in [0.29, 0.717) is 10.0 Å². The van der Waals surface area contributed by atoms with Crippen molar-refractivity contribution in [3.63, 3.8) is 0 Å². The van der Waals surface area contributed by atoms with Gasteiger partial charge in [0.2, 0.25) is 0 Å². The number of carbonyl (C=O) groups is 1. The van der Waals surface area contributed by atoms with Crippen LogP contribution in [0, 0.1) is 5.82 Å². The molecule has 0 fully saturated rings. The normalized spacial score (nSPS) is 12.8. The number of hydrogen-bond donors (Lipinski definition) is 2. The van der Waals surface area contributed by atoms with E-state index >= 15 is 0 Å². The molecule has 1 atom stereocenters. The SMILES string of the molecule is CC(C)c1cc(Br)c(F)c(C(N)CCC(=O)O)c1. The van der Waals surface area contributed by atoms with Gasteiger partial charge in [0.25, 0.3) is 0 Å². The number of rotatable bonds is 5. The molecule has 0 aliphatic rings. The molecule has 0 radical (unpaired) electrons. The van der Waals surface area contributed by atoms with Gasteiger partial charge in [-0.2, -0.15) is 0 Å². The lowest BCUT2D eigenvalue weighted by Gasteiger charge is -2.16. The lowest BCUT2D eigenvalue weighted by atomic mass is 9.95. The van der Waals surface area contributed by atoms with Crippen LogP contribution in [0.15, 0.2) is 16.6 Å².